The Morgan fingerprint density at radius 2 is 2.16 bits per heavy atom. The van der Waals surface area contributed by atoms with Gasteiger partial charge in [-0.25, -0.2) is 4.98 Å². The summed E-state index contributed by atoms with van der Waals surface area (Å²) in [6.07, 6.45) is 1.42. The van der Waals surface area contributed by atoms with Crippen LogP contribution in [0.15, 0.2) is 41.0 Å². The van der Waals surface area contributed by atoms with E-state index in [1.165, 1.54) is 6.20 Å². The van der Waals surface area contributed by atoms with Crippen molar-refractivity contribution in [3.05, 3.63) is 57.7 Å². The number of nitrogens with zero attached hydrogens (tertiary/aromatic N) is 2. The predicted octanol–water partition coefficient (Wildman–Crippen LogP) is 3.28. The lowest BCUT2D eigenvalue weighted by molar-refractivity contribution is 0.102. The molecular weight excluding hydrogens is 306 g/mol. The molecule has 4 nitrogen and oxygen atoms in total. The minimum Gasteiger partial charge on any atom is -0.307 e. The summed E-state index contributed by atoms with van der Waals surface area (Å²) in [5.41, 5.74) is 1.99. The summed E-state index contributed by atoms with van der Waals surface area (Å²) in [4.78, 5) is 16.1. The molecule has 1 aromatic carbocycles. The van der Waals surface area contributed by atoms with E-state index in [1.54, 1.807) is 18.2 Å². The van der Waals surface area contributed by atoms with Crippen LogP contribution >= 0.6 is 15.9 Å². The van der Waals surface area contributed by atoms with Gasteiger partial charge < -0.3 is 5.32 Å². The van der Waals surface area contributed by atoms with Gasteiger partial charge in [-0.3, -0.25) is 4.79 Å². The summed E-state index contributed by atoms with van der Waals surface area (Å²) >= 11 is 3.39. The number of hydrogen-bond acceptors (Lipinski definition) is 3. The SMILES string of the molecule is Cc1cccc(C(=O)Nc2ccc(C#N)cn2)c1Br. The molecule has 0 spiro atoms. The number of aryl methyl sites for hydroxylation is 1. The lowest BCUT2D eigenvalue weighted by Gasteiger charge is -2.07. The number of carbonyl (C=O) groups is 1. The number of pyridine rings is 1. The third kappa shape index (κ3) is 2.98. The molecule has 19 heavy (non-hydrogen) atoms. The number of nitriles is 1. The Labute approximate surface area is 119 Å². The summed E-state index contributed by atoms with van der Waals surface area (Å²) in [7, 11) is 0. The molecule has 0 aliphatic rings. The quantitative estimate of drug-likeness (QED) is 0.924. The molecule has 0 atom stereocenters. The van der Waals surface area contributed by atoms with Crippen LogP contribution in [-0.2, 0) is 0 Å². The molecule has 0 fully saturated rings. The number of amides is 1. The highest BCUT2D eigenvalue weighted by molar-refractivity contribution is 9.10. The number of anilines is 1. The molecule has 0 unspecified atom stereocenters. The zero-order valence-corrected chi connectivity index (χ0v) is 11.7. The van der Waals surface area contributed by atoms with Gasteiger partial charge >= 0.3 is 0 Å². The van der Waals surface area contributed by atoms with Crippen molar-refractivity contribution in [2.75, 3.05) is 5.32 Å². The maximum atomic E-state index is 12.1. The number of hydrogen-bond donors (Lipinski definition) is 1. The number of halogens is 1. The molecule has 0 aliphatic carbocycles. The number of rotatable bonds is 2. The topological polar surface area (TPSA) is 65.8 Å². The van der Waals surface area contributed by atoms with Crippen LogP contribution < -0.4 is 5.32 Å². The van der Waals surface area contributed by atoms with Gasteiger partial charge in [-0.2, -0.15) is 5.26 Å². The standard InChI is InChI=1S/C14H10BrN3O/c1-9-3-2-4-11(13(9)15)14(19)18-12-6-5-10(7-16)8-17-12/h2-6,8H,1H3,(H,17,18,19). The summed E-state index contributed by atoms with van der Waals surface area (Å²) in [6.45, 7) is 1.92. The smallest absolute Gasteiger partial charge is 0.257 e. The van der Waals surface area contributed by atoms with E-state index in [9.17, 15) is 4.79 Å². The van der Waals surface area contributed by atoms with Crippen molar-refractivity contribution in [3.63, 3.8) is 0 Å². The average Bonchev–Trinajstić information content (AvgIpc) is 2.42. The molecule has 5 heteroatoms. The van der Waals surface area contributed by atoms with E-state index in [1.807, 2.05) is 25.1 Å². The van der Waals surface area contributed by atoms with Crippen LogP contribution in [0, 0.1) is 18.3 Å². The minimum atomic E-state index is -0.243. The fourth-order valence-electron chi connectivity index (χ4n) is 1.54. The lowest BCUT2D eigenvalue weighted by atomic mass is 10.1. The van der Waals surface area contributed by atoms with Crippen LogP contribution in [0.3, 0.4) is 0 Å². The first-order valence-electron chi connectivity index (χ1n) is 5.54. The van der Waals surface area contributed by atoms with Gasteiger partial charge in [0, 0.05) is 10.7 Å². The molecule has 0 radical (unpaired) electrons. The van der Waals surface area contributed by atoms with Crippen molar-refractivity contribution < 1.29 is 4.79 Å². The fraction of sp³-hybridized carbons (Fsp3) is 0.0714. The van der Waals surface area contributed by atoms with Gasteiger partial charge in [0.2, 0.25) is 0 Å². The highest BCUT2D eigenvalue weighted by atomic mass is 79.9. The van der Waals surface area contributed by atoms with Crippen molar-refractivity contribution in [3.8, 4) is 6.07 Å². The van der Waals surface area contributed by atoms with Crippen LogP contribution in [0.5, 0.6) is 0 Å². The summed E-state index contributed by atoms with van der Waals surface area (Å²) in [6, 6.07) is 10.6. The Hall–Kier alpha value is -2.19. The second kappa shape index (κ2) is 5.63. The maximum Gasteiger partial charge on any atom is 0.257 e. The van der Waals surface area contributed by atoms with Crippen molar-refractivity contribution in [2.45, 2.75) is 6.92 Å². The number of carbonyl (C=O) groups excluding carboxylic acids is 1. The molecule has 0 saturated heterocycles. The number of aromatic nitrogens is 1. The van der Waals surface area contributed by atoms with Crippen LogP contribution in [0.4, 0.5) is 5.82 Å². The van der Waals surface area contributed by atoms with Gasteiger partial charge in [0.1, 0.15) is 11.9 Å². The van der Waals surface area contributed by atoms with Gasteiger partial charge in [-0.15, -0.1) is 0 Å². The number of benzene rings is 1. The molecule has 2 rings (SSSR count). The third-order valence-electron chi connectivity index (χ3n) is 2.57. The first kappa shape index (κ1) is 13.2. The predicted molar refractivity (Wildman–Crippen MR) is 75.8 cm³/mol. The summed E-state index contributed by atoms with van der Waals surface area (Å²) in [5, 5.41) is 11.4. The zero-order chi connectivity index (χ0) is 13.8. The van der Waals surface area contributed by atoms with Gasteiger partial charge in [-0.05, 0) is 46.6 Å². The Morgan fingerprint density at radius 1 is 1.37 bits per heavy atom. The first-order chi connectivity index (χ1) is 9.11. The molecule has 0 bridgehead atoms. The van der Waals surface area contributed by atoms with Crippen molar-refractivity contribution in [1.29, 1.82) is 5.26 Å². The van der Waals surface area contributed by atoms with Gasteiger partial charge in [0.05, 0.1) is 11.1 Å². The fourth-order valence-corrected chi connectivity index (χ4v) is 1.98. The second-order valence-corrected chi connectivity index (χ2v) is 4.73. The molecule has 2 aromatic rings. The zero-order valence-electron chi connectivity index (χ0n) is 10.1. The van der Waals surface area contributed by atoms with Crippen LogP contribution in [0.2, 0.25) is 0 Å². The van der Waals surface area contributed by atoms with Crippen LogP contribution in [-0.4, -0.2) is 10.9 Å². The molecule has 0 saturated carbocycles. The van der Waals surface area contributed by atoms with E-state index in [4.69, 9.17) is 5.26 Å². The lowest BCUT2D eigenvalue weighted by Crippen LogP contribution is -2.13. The van der Waals surface area contributed by atoms with Gasteiger partial charge in [-0.1, -0.05) is 12.1 Å². The largest absolute Gasteiger partial charge is 0.307 e. The highest BCUT2D eigenvalue weighted by Crippen LogP contribution is 2.21. The Kier molecular flexibility index (Phi) is 3.93. The van der Waals surface area contributed by atoms with E-state index in [0.29, 0.717) is 16.9 Å². The highest BCUT2D eigenvalue weighted by Gasteiger charge is 2.11. The molecule has 1 N–H and O–H groups in total. The first-order valence-corrected chi connectivity index (χ1v) is 6.33. The second-order valence-electron chi connectivity index (χ2n) is 3.93. The van der Waals surface area contributed by atoms with Gasteiger partial charge in [0.15, 0.2) is 0 Å². The Balaban J connectivity index is 2.21. The Morgan fingerprint density at radius 3 is 2.79 bits per heavy atom. The minimum absolute atomic E-state index is 0.243. The molecule has 1 aromatic heterocycles. The van der Waals surface area contributed by atoms with E-state index >= 15 is 0 Å². The van der Waals surface area contributed by atoms with E-state index in [2.05, 4.69) is 26.2 Å². The summed E-state index contributed by atoms with van der Waals surface area (Å²) < 4.78 is 0.765. The van der Waals surface area contributed by atoms with Crippen LogP contribution in [0.1, 0.15) is 21.5 Å². The van der Waals surface area contributed by atoms with Crippen molar-refractivity contribution in [2.24, 2.45) is 0 Å². The van der Waals surface area contributed by atoms with Crippen molar-refractivity contribution >= 4 is 27.7 Å². The maximum absolute atomic E-state index is 12.1. The third-order valence-corrected chi connectivity index (χ3v) is 3.62. The number of nitrogens with one attached hydrogen (secondary N) is 1. The van der Waals surface area contributed by atoms with Crippen molar-refractivity contribution in [1.82, 2.24) is 4.98 Å². The Bertz CT molecular complexity index is 659. The monoisotopic (exact) mass is 315 g/mol. The normalized spacial score (nSPS) is 9.74. The summed E-state index contributed by atoms with van der Waals surface area (Å²) in [5.74, 6) is 0.171. The van der Waals surface area contributed by atoms with E-state index in [-0.39, 0.29) is 5.91 Å². The van der Waals surface area contributed by atoms with E-state index < -0.39 is 0 Å². The molecule has 94 valence electrons. The van der Waals surface area contributed by atoms with Gasteiger partial charge in [0.25, 0.3) is 5.91 Å². The van der Waals surface area contributed by atoms with E-state index in [0.717, 1.165) is 10.0 Å². The van der Waals surface area contributed by atoms with Crippen LogP contribution in [0.25, 0.3) is 0 Å². The molecule has 1 heterocycles. The molecule has 1 amide bonds. The molecule has 0 aliphatic heterocycles. The average molecular weight is 316 g/mol. The molecular formula is C14H10BrN3O.